The highest BCUT2D eigenvalue weighted by molar-refractivity contribution is 5.14. The summed E-state index contributed by atoms with van der Waals surface area (Å²) in [5, 5.41) is 7.13. The standard InChI is InChI=1S/C13H20N2/c1-11-13(8-5-9-14-11)15-10-12-6-3-2-4-7-12/h2-4,6-7,11,13-15H,5,8-10H2,1H3. The average Bonchev–Trinajstić information content (AvgIpc) is 2.29. The van der Waals surface area contributed by atoms with E-state index in [0.29, 0.717) is 12.1 Å². The summed E-state index contributed by atoms with van der Waals surface area (Å²) in [6, 6.07) is 11.8. The Balaban J connectivity index is 1.82. The van der Waals surface area contributed by atoms with Gasteiger partial charge in [-0.15, -0.1) is 0 Å². The molecule has 82 valence electrons. The Labute approximate surface area is 92.1 Å². The molecule has 0 radical (unpaired) electrons. The molecule has 1 fully saturated rings. The molecule has 1 saturated heterocycles. The predicted molar refractivity (Wildman–Crippen MR) is 63.8 cm³/mol. The molecule has 2 unspecified atom stereocenters. The Bertz CT molecular complexity index is 284. The van der Waals surface area contributed by atoms with Gasteiger partial charge in [0.25, 0.3) is 0 Å². The lowest BCUT2D eigenvalue weighted by Crippen LogP contribution is -2.49. The minimum Gasteiger partial charge on any atom is -0.313 e. The maximum absolute atomic E-state index is 3.63. The number of hydrogen-bond donors (Lipinski definition) is 2. The van der Waals surface area contributed by atoms with Crippen molar-refractivity contribution in [3.8, 4) is 0 Å². The zero-order valence-electron chi connectivity index (χ0n) is 9.37. The Morgan fingerprint density at radius 2 is 2.13 bits per heavy atom. The van der Waals surface area contributed by atoms with Crippen molar-refractivity contribution in [2.24, 2.45) is 0 Å². The van der Waals surface area contributed by atoms with Crippen molar-refractivity contribution in [3.05, 3.63) is 35.9 Å². The third-order valence-electron chi connectivity index (χ3n) is 3.17. The highest BCUT2D eigenvalue weighted by Gasteiger charge is 2.19. The molecular formula is C13H20N2. The Morgan fingerprint density at radius 1 is 1.33 bits per heavy atom. The molecule has 1 aromatic carbocycles. The summed E-state index contributed by atoms with van der Waals surface area (Å²) in [4.78, 5) is 0. The van der Waals surface area contributed by atoms with Crippen LogP contribution in [0.15, 0.2) is 30.3 Å². The van der Waals surface area contributed by atoms with E-state index in [9.17, 15) is 0 Å². The lowest BCUT2D eigenvalue weighted by molar-refractivity contribution is 0.316. The first-order valence-corrected chi connectivity index (χ1v) is 5.87. The second-order valence-corrected chi connectivity index (χ2v) is 4.36. The van der Waals surface area contributed by atoms with Crippen LogP contribution in [0.3, 0.4) is 0 Å². The maximum atomic E-state index is 3.63. The molecule has 2 atom stereocenters. The summed E-state index contributed by atoms with van der Waals surface area (Å²) < 4.78 is 0. The predicted octanol–water partition coefficient (Wildman–Crippen LogP) is 1.92. The molecule has 0 saturated carbocycles. The summed E-state index contributed by atoms with van der Waals surface area (Å²) in [7, 11) is 0. The van der Waals surface area contributed by atoms with Gasteiger partial charge >= 0.3 is 0 Å². The molecule has 2 heteroatoms. The van der Waals surface area contributed by atoms with Crippen LogP contribution in [0.1, 0.15) is 25.3 Å². The molecule has 1 aliphatic rings. The smallest absolute Gasteiger partial charge is 0.0222 e. The van der Waals surface area contributed by atoms with Gasteiger partial charge < -0.3 is 10.6 Å². The van der Waals surface area contributed by atoms with Crippen molar-refractivity contribution < 1.29 is 0 Å². The highest BCUT2D eigenvalue weighted by Crippen LogP contribution is 2.09. The van der Waals surface area contributed by atoms with Crippen LogP contribution in [0.25, 0.3) is 0 Å². The van der Waals surface area contributed by atoms with Crippen molar-refractivity contribution in [2.45, 2.75) is 38.4 Å². The van der Waals surface area contributed by atoms with Crippen LogP contribution in [0, 0.1) is 0 Å². The minimum absolute atomic E-state index is 0.600. The Morgan fingerprint density at radius 3 is 2.87 bits per heavy atom. The fraction of sp³-hybridized carbons (Fsp3) is 0.538. The van der Waals surface area contributed by atoms with Crippen molar-refractivity contribution >= 4 is 0 Å². The van der Waals surface area contributed by atoms with E-state index in [4.69, 9.17) is 0 Å². The van der Waals surface area contributed by atoms with Crippen molar-refractivity contribution in [1.82, 2.24) is 10.6 Å². The number of rotatable bonds is 3. The molecule has 0 aliphatic carbocycles. The second kappa shape index (κ2) is 5.29. The van der Waals surface area contributed by atoms with E-state index < -0.39 is 0 Å². The fourth-order valence-corrected chi connectivity index (χ4v) is 2.17. The summed E-state index contributed by atoms with van der Waals surface area (Å²) in [5.41, 5.74) is 1.37. The first-order valence-electron chi connectivity index (χ1n) is 5.87. The van der Waals surface area contributed by atoms with Gasteiger partial charge in [0.2, 0.25) is 0 Å². The van der Waals surface area contributed by atoms with E-state index in [1.54, 1.807) is 0 Å². The molecule has 0 aromatic heterocycles. The molecule has 1 aromatic rings. The number of nitrogens with one attached hydrogen (secondary N) is 2. The molecular weight excluding hydrogens is 184 g/mol. The molecule has 15 heavy (non-hydrogen) atoms. The zero-order valence-corrected chi connectivity index (χ0v) is 9.37. The van der Waals surface area contributed by atoms with Gasteiger partial charge in [0, 0.05) is 18.6 Å². The van der Waals surface area contributed by atoms with Crippen LogP contribution in [0.4, 0.5) is 0 Å². The Kier molecular flexibility index (Phi) is 3.75. The lowest BCUT2D eigenvalue weighted by Gasteiger charge is -2.30. The molecule has 1 aliphatic heterocycles. The van der Waals surface area contributed by atoms with Crippen molar-refractivity contribution in [1.29, 1.82) is 0 Å². The van der Waals surface area contributed by atoms with E-state index in [0.717, 1.165) is 6.54 Å². The average molecular weight is 204 g/mol. The van der Waals surface area contributed by atoms with Gasteiger partial charge in [-0.05, 0) is 31.9 Å². The van der Waals surface area contributed by atoms with Crippen molar-refractivity contribution in [2.75, 3.05) is 6.54 Å². The zero-order chi connectivity index (χ0) is 10.5. The molecule has 2 N–H and O–H groups in total. The quantitative estimate of drug-likeness (QED) is 0.786. The van der Waals surface area contributed by atoms with Crippen molar-refractivity contribution in [3.63, 3.8) is 0 Å². The maximum Gasteiger partial charge on any atom is 0.0222 e. The SMILES string of the molecule is CC1NCCCC1NCc1ccccc1. The normalized spacial score (nSPS) is 26.5. The highest BCUT2D eigenvalue weighted by atomic mass is 15.0. The van der Waals surface area contributed by atoms with Gasteiger partial charge in [0.05, 0.1) is 0 Å². The van der Waals surface area contributed by atoms with Crippen LogP contribution in [0.2, 0.25) is 0 Å². The molecule has 2 nitrogen and oxygen atoms in total. The lowest BCUT2D eigenvalue weighted by atomic mass is 9.99. The molecule has 0 amide bonds. The van der Waals surface area contributed by atoms with Crippen LogP contribution in [-0.4, -0.2) is 18.6 Å². The van der Waals surface area contributed by atoms with Crippen LogP contribution < -0.4 is 10.6 Å². The topological polar surface area (TPSA) is 24.1 Å². The fourth-order valence-electron chi connectivity index (χ4n) is 2.17. The van der Waals surface area contributed by atoms with Gasteiger partial charge in [0.1, 0.15) is 0 Å². The van der Waals surface area contributed by atoms with E-state index in [-0.39, 0.29) is 0 Å². The summed E-state index contributed by atoms with van der Waals surface area (Å²) in [6.07, 6.45) is 2.58. The van der Waals surface area contributed by atoms with Crippen LogP contribution in [0.5, 0.6) is 0 Å². The third kappa shape index (κ3) is 3.05. The van der Waals surface area contributed by atoms with Gasteiger partial charge in [-0.2, -0.15) is 0 Å². The first kappa shape index (κ1) is 10.7. The van der Waals surface area contributed by atoms with Gasteiger partial charge in [-0.3, -0.25) is 0 Å². The van der Waals surface area contributed by atoms with Crippen LogP contribution >= 0.6 is 0 Å². The number of piperidine rings is 1. The van der Waals surface area contributed by atoms with E-state index in [1.165, 1.54) is 24.9 Å². The molecule has 1 heterocycles. The van der Waals surface area contributed by atoms with E-state index >= 15 is 0 Å². The number of benzene rings is 1. The largest absolute Gasteiger partial charge is 0.313 e. The Hall–Kier alpha value is -0.860. The third-order valence-corrected chi connectivity index (χ3v) is 3.17. The summed E-state index contributed by atoms with van der Waals surface area (Å²) in [5.74, 6) is 0. The first-order chi connectivity index (χ1) is 7.36. The molecule has 0 bridgehead atoms. The summed E-state index contributed by atoms with van der Waals surface area (Å²) >= 11 is 0. The van der Waals surface area contributed by atoms with Gasteiger partial charge in [0.15, 0.2) is 0 Å². The van der Waals surface area contributed by atoms with E-state index in [2.05, 4.69) is 47.9 Å². The van der Waals surface area contributed by atoms with Gasteiger partial charge in [-0.25, -0.2) is 0 Å². The van der Waals surface area contributed by atoms with Crippen LogP contribution in [-0.2, 0) is 6.54 Å². The monoisotopic (exact) mass is 204 g/mol. The van der Waals surface area contributed by atoms with Gasteiger partial charge in [-0.1, -0.05) is 30.3 Å². The molecule has 2 rings (SSSR count). The number of hydrogen-bond acceptors (Lipinski definition) is 2. The van der Waals surface area contributed by atoms with E-state index in [1.807, 2.05) is 0 Å². The minimum atomic E-state index is 0.600. The summed E-state index contributed by atoms with van der Waals surface area (Å²) in [6.45, 7) is 4.42. The second-order valence-electron chi connectivity index (χ2n) is 4.36. The molecule has 0 spiro atoms.